The van der Waals surface area contributed by atoms with E-state index in [0.29, 0.717) is 18.3 Å². The Labute approximate surface area is 162 Å². The van der Waals surface area contributed by atoms with E-state index >= 15 is 0 Å². The molecule has 0 bridgehead atoms. The molecule has 0 aliphatic carbocycles. The van der Waals surface area contributed by atoms with Crippen LogP contribution in [0.15, 0.2) is 30.3 Å². The van der Waals surface area contributed by atoms with Gasteiger partial charge in [0.15, 0.2) is 0 Å². The molecule has 7 heteroatoms. The minimum absolute atomic E-state index is 0. The molecule has 0 saturated heterocycles. The lowest BCUT2D eigenvalue weighted by Gasteiger charge is -2.17. The summed E-state index contributed by atoms with van der Waals surface area (Å²) in [6, 6.07) is 9.71. The van der Waals surface area contributed by atoms with E-state index in [1.54, 1.807) is 7.11 Å². The van der Waals surface area contributed by atoms with Gasteiger partial charge in [-0.1, -0.05) is 13.8 Å². The van der Waals surface area contributed by atoms with Crippen LogP contribution in [0.5, 0.6) is 11.6 Å². The Morgan fingerprint density at radius 3 is 2.20 bits per heavy atom. The third-order valence-electron chi connectivity index (χ3n) is 3.75. The van der Waals surface area contributed by atoms with E-state index in [1.807, 2.05) is 37.3 Å². The molecule has 0 amide bonds. The van der Waals surface area contributed by atoms with Crippen LogP contribution in [0.25, 0.3) is 11.3 Å². The van der Waals surface area contributed by atoms with Crippen LogP contribution < -0.4 is 9.47 Å². The van der Waals surface area contributed by atoms with Crippen LogP contribution in [-0.4, -0.2) is 48.2 Å². The second-order valence-corrected chi connectivity index (χ2v) is 5.24. The highest BCUT2D eigenvalue weighted by atomic mass is 35.5. The predicted octanol–water partition coefficient (Wildman–Crippen LogP) is 4.02. The normalized spacial score (nSPS) is 9.96. The molecule has 2 rings (SSSR count). The zero-order chi connectivity index (χ0) is 16.7. The first-order valence-corrected chi connectivity index (χ1v) is 8.01. The van der Waals surface area contributed by atoms with Gasteiger partial charge in [-0.3, -0.25) is 0 Å². The van der Waals surface area contributed by atoms with Crippen molar-refractivity contribution in [1.82, 2.24) is 14.9 Å². The highest BCUT2D eigenvalue weighted by molar-refractivity contribution is 5.85. The lowest BCUT2D eigenvalue weighted by atomic mass is 10.1. The van der Waals surface area contributed by atoms with Gasteiger partial charge in [0.2, 0.25) is 5.88 Å². The van der Waals surface area contributed by atoms with E-state index in [2.05, 4.69) is 28.7 Å². The molecule has 140 valence electrons. The van der Waals surface area contributed by atoms with Gasteiger partial charge in [-0.25, -0.2) is 4.98 Å². The molecule has 1 aromatic carbocycles. The third-order valence-corrected chi connectivity index (χ3v) is 3.75. The summed E-state index contributed by atoms with van der Waals surface area (Å²) >= 11 is 0. The summed E-state index contributed by atoms with van der Waals surface area (Å²) in [6.45, 7) is 9.76. The van der Waals surface area contributed by atoms with E-state index in [-0.39, 0.29) is 24.8 Å². The number of rotatable bonds is 8. The molecule has 0 aliphatic heterocycles. The van der Waals surface area contributed by atoms with Crippen molar-refractivity contribution >= 4 is 24.8 Å². The summed E-state index contributed by atoms with van der Waals surface area (Å²) in [5.74, 6) is 2.15. The van der Waals surface area contributed by atoms with Crippen LogP contribution in [0.4, 0.5) is 0 Å². The van der Waals surface area contributed by atoms with Gasteiger partial charge in [-0.05, 0) is 44.3 Å². The highest BCUT2D eigenvalue weighted by Gasteiger charge is 2.07. The lowest BCUT2D eigenvalue weighted by Crippen LogP contribution is -2.28. The molecule has 0 fully saturated rings. The second-order valence-electron chi connectivity index (χ2n) is 5.24. The van der Waals surface area contributed by atoms with Crippen molar-refractivity contribution in [2.75, 3.05) is 33.4 Å². The monoisotopic (exact) mass is 387 g/mol. The van der Waals surface area contributed by atoms with Crippen LogP contribution in [0, 0.1) is 6.92 Å². The van der Waals surface area contributed by atoms with E-state index in [9.17, 15) is 0 Å². The van der Waals surface area contributed by atoms with Gasteiger partial charge in [-0.15, -0.1) is 24.8 Å². The van der Waals surface area contributed by atoms with Gasteiger partial charge in [-0.2, -0.15) is 4.98 Å². The van der Waals surface area contributed by atoms with Crippen LogP contribution in [0.1, 0.15) is 19.7 Å². The van der Waals surface area contributed by atoms with Crippen molar-refractivity contribution in [2.45, 2.75) is 20.8 Å². The summed E-state index contributed by atoms with van der Waals surface area (Å²) in [5.41, 5.74) is 1.88. The van der Waals surface area contributed by atoms with E-state index in [1.165, 1.54) is 0 Å². The molecule has 1 aromatic heterocycles. The molecule has 0 spiro atoms. The first kappa shape index (κ1) is 23.4. The smallest absolute Gasteiger partial charge is 0.217 e. The Bertz CT molecular complexity index is 620. The maximum Gasteiger partial charge on any atom is 0.217 e. The Balaban J connectivity index is 0.00000288. The third kappa shape index (κ3) is 7.06. The number of halogens is 2. The maximum absolute atomic E-state index is 5.81. The van der Waals surface area contributed by atoms with E-state index < -0.39 is 0 Å². The summed E-state index contributed by atoms with van der Waals surface area (Å²) < 4.78 is 11.0. The minimum atomic E-state index is 0. The molecule has 0 saturated carbocycles. The Kier molecular flexibility index (Phi) is 11.2. The average molecular weight is 388 g/mol. The topological polar surface area (TPSA) is 47.5 Å². The fourth-order valence-corrected chi connectivity index (χ4v) is 2.34. The molecule has 1 heterocycles. The molecule has 0 aliphatic rings. The first-order chi connectivity index (χ1) is 11.2. The fraction of sp³-hybridized carbons (Fsp3) is 0.444. The van der Waals surface area contributed by atoms with Crippen molar-refractivity contribution in [2.24, 2.45) is 0 Å². The van der Waals surface area contributed by atoms with Crippen molar-refractivity contribution in [1.29, 1.82) is 0 Å². The number of methoxy groups -OCH3 is 1. The van der Waals surface area contributed by atoms with Gasteiger partial charge in [0.05, 0.1) is 12.8 Å². The summed E-state index contributed by atoms with van der Waals surface area (Å²) in [5, 5.41) is 0. The van der Waals surface area contributed by atoms with Gasteiger partial charge in [0.25, 0.3) is 0 Å². The van der Waals surface area contributed by atoms with Crippen molar-refractivity contribution in [3.63, 3.8) is 0 Å². The zero-order valence-corrected chi connectivity index (χ0v) is 16.8. The number of nitrogens with zero attached hydrogens (tertiary/aromatic N) is 3. The second kappa shape index (κ2) is 11.9. The van der Waals surface area contributed by atoms with Gasteiger partial charge in [0, 0.05) is 18.2 Å². The molecule has 0 radical (unpaired) electrons. The Morgan fingerprint density at radius 2 is 1.64 bits per heavy atom. The minimum Gasteiger partial charge on any atom is -0.497 e. The molecule has 5 nitrogen and oxygen atoms in total. The van der Waals surface area contributed by atoms with Crippen LogP contribution >= 0.6 is 24.8 Å². The van der Waals surface area contributed by atoms with Gasteiger partial charge in [0.1, 0.15) is 18.2 Å². The number of hydrogen-bond acceptors (Lipinski definition) is 5. The number of hydrogen-bond donors (Lipinski definition) is 0. The number of likely N-dealkylation sites (N-methyl/N-ethyl adjacent to an activating group) is 1. The molecule has 0 N–H and O–H groups in total. The standard InChI is InChI=1S/C18H25N3O2.2ClH/c1-5-21(6-2)11-12-23-18-13-17(19-14(3)20-18)15-7-9-16(22-4)10-8-15;;/h7-10,13H,5-6,11-12H2,1-4H3;2*1H. The molecule has 2 aromatic rings. The molecular formula is C18H27Cl2N3O2. The number of aromatic nitrogens is 2. The highest BCUT2D eigenvalue weighted by Crippen LogP contribution is 2.23. The van der Waals surface area contributed by atoms with Crippen molar-refractivity contribution < 1.29 is 9.47 Å². The number of ether oxygens (including phenoxy) is 2. The van der Waals surface area contributed by atoms with Crippen LogP contribution in [0.2, 0.25) is 0 Å². The molecular weight excluding hydrogens is 361 g/mol. The van der Waals surface area contributed by atoms with Crippen LogP contribution in [-0.2, 0) is 0 Å². The largest absolute Gasteiger partial charge is 0.497 e. The fourth-order valence-electron chi connectivity index (χ4n) is 2.34. The van der Waals surface area contributed by atoms with Gasteiger partial charge < -0.3 is 14.4 Å². The molecule has 0 unspecified atom stereocenters. The maximum atomic E-state index is 5.81. The Hall–Kier alpha value is -1.56. The quantitative estimate of drug-likeness (QED) is 0.684. The average Bonchev–Trinajstić information content (AvgIpc) is 2.58. The Morgan fingerprint density at radius 1 is 1.00 bits per heavy atom. The predicted molar refractivity (Wildman–Crippen MR) is 107 cm³/mol. The number of aryl methyl sites for hydroxylation is 1. The van der Waals surface area contributed by atoms with Crippen molar-refractivity contribution in [3.05, 3.63) is 36.2 Å². The SMILES string of the molecule is CCN(CC)CCOc1cc(-c2ccc(OC)cc2)nc(C)n1.Cl.Cl. The van der Waals surface area contributed by atoms with E-state index in [0.717, 1.165) is 36.6 Å². The number of benzene rings is 1. The summed E-state index contributed by atoms with van der Waals surface area (Å²) in [7, 11) is 1.66. The lowest BCUT2D eigenvalue weighted by molar-refractivity contribution is 0.217. The first-order valence-electron chi connectivity index (χ1n) is 8.01. The molecule has 25 heavy (non-hydrogen) atoms. The summed E-state index contributed by atoms with van der Waals surface area (Å²) in [6.07, 6.45) is 0. The van der Waals surface area contributed by atoms with E-state index in [4.69, 9.17) is 9.47 Å². The summed E-state index contributed by atoms with van der Waals surface area (Å²) in [4.78, 5) is 11.2. The van der Waals surface area contributed by atoms with Crippen LogP contribution in [0.3, 0.4) is 0 Å². The zero-order valence-electron chi connectivity index (χ0n) is 15.2. The van der Waals surface area contributed by atoms with Gasteiger partial charge >= 0.3 is 0 Å². The molecule has 0 atom stereocenters. The van der Waals surface area contributed by atoms with Crippen molar-refractivity contribution in [3.8, 4) is 22.9 Å².